The Bertz CT molecular complexity index is 1050. The van der Waals surface area contributed by atoms with Gasteiger partial charge in [-0.3, -0.25) is 9.69 Å². The van der Waals surface area contributed by atoms with Crippen molar-refractivity contribution in [3.8, 4) is 0 Å². The summed E-state index contributed by atoms with van der Waals surface area (Å²) in [5.74, 6) is 0.756. The van der Waals surface area contributed by atoms with Crippen molar-refractivity contribution in [2.45, 2.75) is 46.2 Å². The molecule has 3 aromatic rings. The normalized spacial score (nSPS) is 15.7. The van der Waals surface area contributed by atoms with Crippen molar-refractivity contribution in [2.75, 3.05) is 32.8 Å². The van der Waals surface area contributed by atoms with E-state index in [0.29, 0.717) is 25.2 Å². The van der Waals surface area contributed by atoms with E-state index in [1.165, 1.54) is 6.33 Å². The molecular formula is C24H32N6O2. The van der Waals surface area contributed by atoms with E-state index >= 15 is 0 Å². The Labute approximate surface area is 189 Å². The van der Waals surface area contributed by atoms with Crippen LogP contribution in [0, 0.1) is 13.8 Å². The fourth-order valence-corrected chi connectivity index (χ4v) is 4.42. The van der Waals surface area contributed by atoms with Crippen molar-refractivity contribution in [3.63, 3.8) is 0 Å². The van der Waals surface area contributed by atoms with Crippen molar-refractivity contribution < 1.29 is 9.53 Å². The number of carbonyl (C=O) groups excluding carboxylic acids is 1. The lowest BCUT2D eigenvalue weighted by Gasteiger charge is -2.35. The molecule has 170 valence electrons. The SMILES string of the molecule is Cc1nc2ncnn2c(C)c1CCC(=O)N(Cc1ccccc1)C(C)CN1CCOCC1. The van der Waals surface area contributed by atoms with Gasteiger partial charge in [0.25, 0.3) is 5.78 Å². The highest BCUT2D eigenvalue weighted by Gasteiger charge is 2.24. The molecule has 4 rings (SSSR count). The first kappa shape index (κ1) is 22.4. The second-order valence-corrected chi connectivity index (χ2v) is 8.50. The van der Waals surface area contributed by atoms with Crippen LogP contribution in [-0.4, -0.2) is 74.2 Å². The molecule has 2 aromatic heterocycles. The molecule has 1 aromatic carbocycles. The predicted octanol–water partition coefficient (Wildman–Crippen LogP) is 2.42. The number of rotatable bonds is 8. The summed E-state index contributed by atoms with van der Waals surface area (Å²) in [5.41, 5.74) is 4.12. The first-order chi connectivity index (χ1) is 15.5. The number of aryl methyl sites for hydroxylation is 2. The Morgan fingerprint density at radius 1 is 1.19 bits per heavy atom. The summed E-state index contributed by atoms with van der Waals surface area (Å²) in [4.78, 5) is 26.6. The van der Waals surface area contributed by atoms with Gasteiger partial charge in [-0.15, -0.1) is 0 Å². The number of fused-ring (bicyclic) bond motifs is 1. The van der Waals surface area contributed by atoms with Crippen LogP contribution in [0.15, 0.2) is 36.7 Å². The minimum atomic E-state index is 0.110. The Kier molecular flexibility index (Phi) is 7.12. The van der Waals surface area contributed by atoms with Crippen molar-refractivity contribution in [2.24, 2.45) is 0 Å². The van der Waals surface area contributed by atoms with Crippen LogP contribution in [0.25, 0.3) is 5.78 Å². The first-order valence-electron chi connectivity index (χ1n) is 11.3. The van der Waals surface area contributed by atoms with Gasteiger partial charge >= 0.3 is 0 Å². The summed E-state index contributed by atoms with van der Waals surface area (Å²) >= 11 is 0. The lowest BCUT2D eigenvalue weighted by molar-refractivity contribution is -0.134. The zero-order valence-corrected chi connectivity index (χ0v) is 19.2. The fourth-order valence-electron chi connectivity index (χ4n) is 4.42. The highest BCUT2D eigenvalue weighted by molar-refractivity contribution is 5.77. The molecule has 1 aliphatic heterocycles. The molecule has 1 saturated heterocycles. The standard InChI is InChI=1S/C24H32N6O2/c1-18(15-28-11-13-32-14-12-28)29(16-21-7-5-4-6-8-21)23(31)10-9-22-19(2)27-24-25-17-26-30(24)20(22)3/h4-8,17-18H,9-16H2,1-3H3. The van der Waals surface area contributed by atoms with Gasteiger partial charge in [0.15, 0.2) is 0 Å². The second kappa shape index (κ2) is 10.2. The van der Waals surface area contributed by atoms with Gasteiger partial charge in [-0.05, 0) is 38.3 Å². The Balaban J connectivity index is 1.49. The van der Waals surface area contributed by atoms with Crippen molar-refractivity contribution >= 4 is 11.7 Å². The lowest BCUT2D eigenvalue weighted by Crippen LogP contribution is -2.48. The van der Waals surface area contributed by atoms with Gasteiger partial charge in [0.05, 0.1) is 13.2 Å². The molecule has 1 amide bonds. The predicted molar refractivity (Wildman–Crippen MR) is 122 cm³/mol. The average molecular weight is 437 g/mol. The third-order valence-corrected chi connectivity index (χ3v) is 6.25. The zero-order valence-electron chi connectivity index (χ0n) is 19.2. The van der Waals surface area contributed by atoms with Gasteiger partial charge < -0.3 is 9.64 Å². The quantitative estimate of drug-likeness (QED) is 0.540. The van der Waals surface area contributed by atoms with Crippen LogP contribution in [0.4, 0.5) is 0 Å². The van der Waals surface area contributed by atoms with Crippen molar-refractivity contribution in [1.82, 2.24) is 29.4 Å². The fraction of sp³-hybridized carbons (Fsp3) is 0.500. The van der Waals surface area contributed by atoms with Gasteiger partial charge in [-0.2, -0.15) is 10.1 Å². The van der Waals surface area contributed by atoms with Gasteiger partial charge in [0.2, 0.25) is 5.91 Å². The van der Waals surface area contributed by atoms with E-state index in [9.17, 15) is 4.79 Å². The van der Waals surface area contributed by atoms with Crippen LogP contribution >= 0.6 is 0 Å². The summed E-state index contributed by atoms with van der Waals surface area (Å²) < 4.78 is 7.23. The molecule has 0 spiro atoms. The molecular weight excluding hydrogens is 404 g/mol. The van der Waals surface area contributed by atoms with Gasteiger partial charge in [-0.25, -0.2) is 9.50 Å². The molecule has 0 radical (unpaired) electrons. The number of nitrogens with zero attached hydrogens (tertiary/aromatic N) is 6. The van der Waals surface area contributed by atoms with E-state index in [-0.39, 0.29) is 11.9 Å². The number of aromatic nitrogens is 4. The Morgan fingerprint density at radius 2 is 1.94 bits per heavy atom. The largest absolute Gasteiger partial charge is 0.379 e. The minimum absolute atomic E-state index is 0.110. The smallest absolute Gasteiger partial charge is 0.252 e. The van der Waals surface area contributed by atoms with Crippen molar-refractivity contribution in [3.05, 3.63) is 59.2 Å². The summed E-state index contributed by atoms with van der Waals surface area (Å²) in [5, 5.41) is 4.26. The van der Waals surface area contributed by atoms with Gasteiger partial charge in [-0.1, -0.05) is 30.3 Å². The van der Waals surface area contributed by atoms with Crippen LogP contribution in [0.2, 0.25) is 0 Å². The molecule has 1 atom stereocenters. The van der Waals surface area contributed by atoms with E-state index in [1.807, 2.05) is 36.9 Å². The second-order valence-electron chi connectivity index (χ2n) is 8.50. The molecule has 0 bridgehead atoms. The molecule has 3 heterocycles. The number of hydrogen-bond donors (Lipinski definition) is 0. The minimum Gasteiger partial charge on any atom is -0.379 e. The number of ether oxygens (including phenoxy) is 1. The maximum Gasteiger partial charge on any atom is 0.252 e. The number of carbonyl (C=O) groups is 1. The molecule has 1 unspecified atom stereocenters. The molecule has 1 fully saturated rings. The highest BCUT2D eigenvalue weighted by Crippen LogP contribution is 2.18. The molecule has 8 heteroatoms. The maximum absolute atomic E-state index is 13.5. The molecule has 32 heavy (non-hydrogen) atoms. The van der Waals surface area contributed by atoms with E-state index in [1.54, 1.807) is 4.52 Å². The van der Waals surface area contributed by atoms with Crippen LogP contribution in [0.1, 0.15) is 35.9 Å². The monoisotopic (exact) mass is 436 g/mol. The number of morpholine rings is 1. The van der Waals surface area contributed by atoms with E-state index in [2.05, 4.69) is 39.0 Å². The van der Waals surface area contributed by atoms with E-state index in [4.69, 9.17) is 4.74 Å². The maximum atomic E-state index is 13.5. The Morgan fingerprint density at radius 3 is 2.69 bits per heavy atom. The molecule has 0 N–H and O–H groups in total. The van der Waals surface area contributed by atoms with Crippen molar-refractivity contribution in [1.29, 1.82) is 0 Å². The third-order valence-electron chi connectivity index (χ3n) is 6.25. The van der Waals surface area contributed by atoms with Gasteiger partial charge in [0.1, 0.15) is 6.33 Å². The van der Waals surface area contributed by atoms with Crippen LogP contribution in [0.3, 0.4) is 0 Å². The highest BCUT2D eigenvalue weighted by atomic mass is 16.5. The van der Waals surface area contributed by atoms with Crippen LogP contribution < -0.4 is 0 Å². The number of benzene rings is 1. The average Bonchev–Trinajstić information content (AvgIpc) is 3.27. The molecule has 0 aliphatic carbocycles. The molecule has 8 nitrogen and oxygen atoms in total. The van der Waals surface area contributed by atoms with Crippen LogP contribution in [-0.2, 0) is 22.5 Å². The molecule has 1 aliphatic rings. The summed E-state index contributed by atoms with van der Waals surface area (Å²) in [6.07, 6.45) is 2.58. The van der Waals surface area contributed by atoms with Crippen LogP contribution in [0.5, 0.6) is 0 Å². The summed E-state index contributed by atoms with van der Waals surface area (Å²) in [6.45, 7) is 11.0. The Hall–Kier alpha value is -2.84. The summed E-state index contributed by atoms with van der Waals surface area (Å²) in [6, 6.07) is 10.3. The van der Waals surface area contributed by atoms with E-state index in [0.717, 1.165) is 55.4 Å². The topological polar surface area (TPSA) is 75.9 Å². The lowest BCUT2D eigenvalue weighted by atomic mass is 10.0. The van der Waals surface area contributed by atoms with Gasteiger partial charge in [0, 0.05) is 50.0 Å². The zero-order chi connectivity index (χ0) is 22.5. The molecule has 0 saturated carbocycles. The summed E-state index contributed by atoms with van der Waals surface area (Å²) in [7, 11) is 0. The number of hydrogen-bond acceptors (Lipinski definition) is 6. The van der Waals surface area contributed by atoms with E-state index < -0.39 is 0 Å². The first-order valence-corrected chi connectivity index (χ1v) is 11.3. The third kappa shape index (κ3) is 5.14. The number of amides is 1.